The Balaban J connectivity index is 1.73. The lowest BCUT2D eigenvalue weighted by Crippen LogP contribution is -2.07. The Bertz CT molecular complexity index is 820. The van der Waals surface area contributed by atoms with Gasteiger partial charge in [0.15, 0.2) is 5.82 Å². The Labute approximate surface area is 132 Å². The van der Waals surface area contributed by atoms with Crippen LogP contribution in [0.2, 0.25) is 0 Å². The molecule has 0 aliphatic rings. The summed E-state index contributed by atoms with van der Waals surface area (Å²) in [5, 5.41) is 16.4. The van der Waals surface area contributed by atoms with Gasteiger partial charge in [0, 0.05) is 24.3 Å². The molecule has 0 fully saturated rings. The van der Waals surface area contributed by atoms with Crippen molar-refractivity contribution in [1.82, 2.24) is 14.8 Å². The maximum atomic E-state index is 9.10. The van der Waals surface area contributed by atoms with Crippen molar-refractivity contribution >= 4 is 11.5 Å². The molecule has 1 aromatic carbocycles. The molecule has 3 N–H and O–H groups in total. The second-order valence-electron chi connectivity index (χ2n) is 4.66. The summed E-state index contributed by atoms with van der Waals surface area (Å²) in [5.74, 6) is 1.89. The first kappa shape index (κ1) is 14.6. The highest BCUT2D eigenvalue weighted by molar-refractivity contribution is 5.62. The van der Waals surface area contributed by atoms with Crippen molar-refractivity contribution in [1.29, 1.82) is 5.26 Å². The Morgan fingerprint density at radius 2 is 1.83 bits per heavy atom. The minimum Gasteiger partial charge on any atom is -0.457 e. The summed E-state index contributed by atoms with van der Waals surface area (Å²) in [6.45, 7) is 0.217. The van der Waals surface area contributed by atoms with Crippen LogP contribution in [0.5, 0.6) is 11.5 Å². The number of hydrogen-bond acceptors (Lipinski definition) is 6. The van der Waals surface area contributed by atoms with E-state index in [0.29, 0.717) is 22.9 Å². The van der Waals surface area contributed by atoms with Crippen LogP contribution in [-0.2, 0) is 6.67 Å². The molecule has 0 atom stereocenters. The molecular weight excluding hydrogens is 292 g/mol. The molecule has 7 heteroatoms. The number of nitriles is 1. The van der Waals surface area contributed by atoms with Gasteiger partial charge in [-0.15, -0.1) is 0 Å². The molecule has 0 amide bonds. The predicted octanol–water partition coefficient (Wildman–Crippen LogP) is 2.60. The third-order valence-corrected chi connectivity index (χ3v) is 3.07. The lowest BCUT2D eigenvalue weighted by atomic mass is 10.3. The molecule has 23 heavy (non-hydrogen) atoms. The Hall–Kier alpha value is -3.37. The molecule has 0 bridgehead atoms. The monoisotopic (exact) mass is 306 g/mol. The van der Waals surface area contributed by atoms with Gasteiger partial charge in [0.1, 0.15) is 23.1 Å². The molecule has 0 saturated heterocycles. The highest BCUT2D eigenvalue weighted by atomic mass is 16.5. The quantitative estimate of drug-likeness (QED) is 0.751. The fraction of sp³-hybridized carbons (Fsp3) is 0.0625. The van der Waals surface area contributed by atoms with Gasteiger partial charge in [-0.2, -0.15) is 10.4 Å². The fourth-order valence-electron chi connectivity index (χ4n) is 1.97. The summed E-state index contributed by atoms with van der Waals surface area (Å²) >= 11 is 0. The van der Waals surface area contributed by atoms with Gasteiger partial charge in [-0.1, -0.05) is 0 Å². The van der Waals surface area contributed by atoms with Crippen LogP contribution in [0, 0.1) is 11.3 Å². The van der Waals surface area contributed by atoms with E-state index >= 15 is 0 Å². The van der Waals surface area contributed by atoms with Crippen molar-refractivity contribution in [2.75, 3.05) is 5.32 Å². The van der Waals surface area contributed by atoms with E-state index < -0.39 is 0 Å². The lowest BCUT2D eigenvalue weighted by molar-refractivity contribution is 0.482. The Morgan fingerprint density at radius 3 is 2.48 bits per heavy atom. The van der Waals surface area contributed by atoms with Gasteiger partial charge in [0.2, 0.25) is 0 Å². The number of nitrogens with zero attached hydrogens (tertiary/aromatic N) is 4. The van der Waals surface area contributed by atoms with E-state index in [9.17, 15) is 0 Å². The molecule has 2 aromatic heterocycles. The van der Waals surface area contributed by atoms with Crippen LogP contribution < -0.4 is 15.8 Å². The predicted molar refractivity (Wildman–Crippen MR) is 85.2 cm³/mol. The summed E-state index contributed by atoms with van der Waals surface area (Å²) in [6.07, 6.45) is 4.94. The van der Waals surface area contributed by atoms with E-state index in [1.165, 1.54) is 4.68 Å². The van der Waals surface area contributed by atoms with Crippen LogP contribution in [0.25, 0.3) is 0 Å². The van der Waals surface area contributed by atoms with E-state index in [2.05, 4.69) is 21.5 Å². The number of aromatic nitrogens is 3. The van der Waals surface area contributed by atoms with E-state index in [0.717, 1.165) is 5.69 Å². The summed E-state index contributed by atoms with van der Waals surface area (Å²) in [7, 11) is 0. The minimum absolute atomic E-state index is 0.217. The topological polar surface area (TPSA) is 102 Å². The van der Waals surface area contributed by atoms with Crippen molar-refractivity contribution in [3.63, 3.8) is 0 Å². The van der Waals surface area contributed by atoms with Gasteiger partial charge in [0.25, 0.3) is 0 Å². The van der Waals surface area contributed by atoms with Gasteiger partial charge < -0.3 is 15.8 Å². The largest absolute Gasteiger partial charge is 0.457 e. The zero-order valence-corrected chi connectivity index (χ0v) is 12.2. The number of anilines is 2. The smallest absolute Gasteiger partial charge is 0.170 e. The zero-order valence-electron chi connectivity index (χ0n) is 12.2. The third kappa shape index (κ3) is 3.45. The number of pyridine rings is 1. The summed E-state index contributed by atoms with van der Waals surface area (Å²) < 4.78 is 7.20. The second kappa shape index (κ2) is 6.60. The summed E-state index contributed by atoms with van der Waals surface area (Å²) in [5.41, 5.74) is 6.75. The maximum Gasteiger partial charge on any atom is 0.170 e. The molecule has 3 rings (SSSR count). The molecule has 114 valence electrons. The van der Waals surface area contributed by atoms with Crippen LogP contribution >= 0.6 is 0 Å². The van der Waals surface area contributed by atoms with Crippen molar-refractivity contribution in [2.45, 2.75) is 6.67 Å². The molecule has 0 aliphatic carbocycles. The summed E-state index contributed by atoms with van der Waals surface area (Å²) in [4.78, 5) is 3.94. The van der Waals surface area contributed by atoms with E-state index in [4.69, 9.17) is 15.7 Å². The van der Waals surface area contributed by atoms with Crippen LogP contribution in [0.15, 0.2) is 55.0 Å². The molecule has 2 heterocycles. The number of hydrogen-bond donors (Lipinski definition) is 2. The third-order valence-electron chi connectivity index (χ3n) is 3.07. The highest BCUT2D eigenvalue weighted by Crippen LogP contribution is 2.24. The molecule has 0 aliphatic heterocycles. The van der Waals surface area contributed by atoms with Crippen LogP contribution in [-0.4, -0.2) is 14.8 Å². The average molecular weight is 306 g/mol. The highest BCUT2D eigenvalue weighted by Gasteiger charge is 2.08. The molecule has 7 nitrogen and oxygen atoms in total. The van der Waals surface area contributed by atoms with E-state index in [1.807, 2.05) is 24.3 Å². The number of ether oxygens (including phenoxy) is 1. The number of nitrogens with two attached hydrogens (primary N) is 1. The molecule has 0 radical (unpaired) electrons. The molecule has 0 spiro atoms. The van der Waals surface area contributed by atoms with Crippen LogP contribution in [0.1, 0.15) is 5.56 Å². The first-order valence-electron chi connectivity index (χ1n) is 6.91. The van der Waals surface area contributed by atoms with Crippen LogP contribution in [0.4, 0.5) is 11.5 Å². The molecule has 0 unspecified atom stereocenters. The number of benzene rings is 1. The van der Waals surface area contributed by atoms with Crippen molar-refractivity contribution in [2.24, 2.45) is 5.73 Å². The first-order valence-corrected chi connectivity index (χ1v) is 6.91. The van der Waals surface area contributed by atoms with E-state index in [1.54, 1.807) is 30.7 Å². The van der Waals surface area contributed by atoms with Crippen LogP contribution in [0.3, 0.4) is 0 Å². The fourth-order valence-corrected chi connectivity index (χ4v) is 1.97. The molecular formula is C16H14N6O. The molecule has 3 aromatic rings. The van der Waals surface area contributed by atoms with Gasteiger partial charge in [-0.25, -0.2) is 0 Å². The van der Waals surface area contributed by atoms with Gasteiger partial charge in [0.05, 0.1) is 6.67 Å². The van der Waals surface area contributed by atoms with Crippen molar-refractivity contribution in [3.05, 3.63) is 60.6 Å². The Morgan fingerprint density at radius 1 is 1.13 bits per heavy atom. The second-order valence-corrected chi connectivity index (χ2v) is 4.66. The van der Waals surface area contributed by atoms with Gasteiger partial charge in [-0.05, 0) is 36.4 Å². The van der Waals surface area contributed by atoms with Gasteiger partial charge >= 0.3 is 0 Å². The van der Waals surface area contributed by atoms with Crippen molar-refractivity contribution in [3.8, 4) is 17.6 Å². The van der Waals surface area contributed by atoms with Crippen molar-refractivity contribution < 1.29 is 4.74 Å². The lowest BCUT2D eigenvalue weighted by Gasteiger charge is -2.07. The zero-order chi connectivity index (χ0) is 16.1. The Kier molecular flexibility index (Phi) is 4.18. The molecule has 0 saturated carbocycles. The normalized spacial score (nSPS) is 10.1. The average Bonchev–Trinajstić information content (AvgIpc) is 3.00. The number of rotatable bonds is 5. The first-order chi connectivity index (χ1) is 11.3. The van der Waals surface area contributed by atoms with Gasteiger partial charge in [-0.3, -0.25) is 9.67 Å². The standard InChI is InChI=1S/C16H14N6O/c17-9-12-10-22(11-18)21-16(12)20-13-1-3-14(4-2-13)23-15-5-7-19-8-6-15/h1-8,10H,11,18H2,(H,20,21). The SMILES string of the molecule is N#Cc1cn(CN)nc1Nc1ccc(Oc2ccncc2)cc1. The maximum absolute atomic E-state index is 9.10. The minimum atomic E-state index is 0.217. The van der Waals surface area contributed by atoms with E-state index in [-0.39, 0.29) is 6.67 Å². The number of nitrogens with one attached hydrogen (secondary N) is 1. The summed E-state index contributed by atoms with van der Waals surface area (Å²) in [6, 6.07) is 13.0.